The minimum absolute atomic E-state index is 0.281. The highest BCUT2D eigenvalue weighted by Crippen LogP contribution is 2.35. The molecule has 6 heteroatoms. The van der Waals surface area contributed by atoms with Gasteiger partial charge in [-0.05, 0) is 36.2 Å². The quantitative estimate of drug-likeness (QED) is 0.440. The summed E-state index contributed by atoms with van der Waals surface area (Å²) in [5, 5.41) is 0.281. The lowest BCUT2D eigenvalue weighted by molar-refractivity contribution is -0.137. The van der Waals surface area contributed by atoms with E-state index in [1.54, 1.807) is 6.07 Å². The smallest absolute Gasteiger partial charge is 0.207 e. The van der Waals surface area contributed by atoms with Crippen LogP contribution in [0, 0.1) is 5.82 Å². The third kappa shape index (κ3) is 3.98. The third-order valence-electron chi connectivity index (χ3n) is 3.01. The fourth-order valence-corrected chi connectivity index (χ4v) is 3.21. The first-order valence-electron chi connectivity index (χ1n) is 6.03. The molecule has 112 valence electrons. The molecular weight excluding hydrogens is 372 g/mol. The second kappa shape index (κ2) is 6.36. The number of halogens is 6. The second-order valence-electron chi connectivity index (χ2n) is 4.50. The van der Waals surface area contributed by atoms with E-state index in [0.29, 0.717) is 17.5 Å². The van der Waals surface area contributed by atoms with Crippen LogP contribution >= 0.6 is 27.5 Å². The summed E-state index contributed by atoms with van der Waals surface area (Å²) in [4.78, 5) is -0.414. The van der Waals surface area contributed by atoms with Crippen molar-refractivity contribution in [2.75, 3.05) is 0 Å². The Labute approximate surface area is 132 Å². The van der Waals surface area contributed by atoms with Crippen LogP contribution in [-0.4, -0.2) is 0 Å². The van der Waals surface area contributed by atoms with Crippen molar-refractivity contribution < 1.29 is 17.6 Å². The van der Waals surface area contributed by atoms with Gasteiger partial charge in [0.25, 0.3) is 0 Å². The standard InChI is InChI=1S/C15H10BrClF4/c16-11(14-12(17)2-1-3-13(14)18)8-9-4-6-10(7-5-9)15(19,20)21/h1-7,11H,8H2. The molecule has 0 aromatic heterocycles. The molecule has 0 fully saturated rings. The van der Waals surface area contributed by atoms with E-state index in [1.165, 1.54) is 24.3 Å². The van der Waals surface area contributed by atoms with Crippen LogP contribution in [0.2, 0.25) is 5.02 Å². The lowest BCUT2D eigenvalue weighted by Gasteiger charge is -2.14. The van der Waals surface area contributed by atoms with Crippen LogP contribution in [0.5, 0.6) is 0 Å². The van der Waals surface area contributed by atoms with Gasteiger partial charge in [-0.15, -0.1) is 0 Å². The molecule has 1 atom stereocenters. The zero-order valence-corrected chi connectivity index (χ0v) is 12.9. The van der Waals surface area contributed by atoms with Crippen molar-refractivity contribution >= 4 is 27.5 Å². The summed E-state index contributed by atoms with van der Waals surface area (Å²) >= 11 is 9.29. The van der Waals surface area contributed by atoms with Gasteiger partial charge in [-0.25, -0.2) is 4.39 Å². The normalized spacial score (nSPS) is 13.2. The van der Waals surface area contributed by atoms with Gasteiger partial charge in [0.15, 0.2) is 0 Å². The molecule has 0 aliphatic heterocycles. The van der Waals surface area contributed by atoms with Crippen molar-refractivity contribution in [2.24, 2.45) is 0 Å². The maximum Gasteiger partial charge on any atom is 0.416 e. The Kier molecular flexibility index (Phi) is 4.94. The summed E-state index contributed by atoms with van der Waals surface area (Å²) in [5.74, 6) is -0.448. The van der Waals surface area contributed by atoms with Gasteiger partial charge in [-0.2, -0.15) is 13.2 Å². The van der Waals surface area contributed by atoms with Crippen molar-refractivity contribution in [3.05, 3.63) is 70.0 Å². The van der Waals surface area contributed by atoms with Crippen LogP contribution < -0.4 is 0 Å². The number of hydrogen-bond donors (Lipinski definition) is 0. The van der Waals surface area contributed by atoms with E-state index in [4.69, 9.17) is 11.6 Å². The van der Waals surface area contributed by atoms with E-state index in [2.05, 4.69) is 15.9 Å². The maximum absolute atomic E-state index is 13.8. The SMILES string of the molecule is Fc1cccc(Cl)c1C(Br)Cc1ccc(C(F)(F)F)cc1. The van der Waals surface area contributed by atoms with Crippen molar-refractivity contribution in [2.45, 2.75) is 17.4 Å². The Bertz CT molecular complexity index is 602. The number of hydrogen-bond acceptors (Lipinski definition) is 0. The summed E-state index contributed by atoms with van der Waals surface area (Å²) in [7, 11) is 0. The van der Waals surface area contributed by atoms with Crippen LogP contribution in [0.15, 0.2) is 42.5 Å². The van der Waals surface area contributed by atoms with Gasteiger partial charge in [0, 0.05) is 15.4 Å². The molecule has 2 aromatic rings. The Balaban J connectivity index is 2.18. The molecular formula is C15H10BrClF4. The van der Waals surface area contributed by atoms with E-state index in [1.807, 2.05) is 0 Å². The Morgan fingerprint density at radius 1 is 1.05 bits per heavy atom. The highest BCUT2D eigenvalue weighted by atomic mass is 79.9. The predicted molar refractivity (Wildman–Crippen MR) is 78.2 cm³/mol. The molecule has 0 aliphatic carbocycles. The van der Waals surface area contributed by atoms with Gasteiger partial charge in [0.05, 0.1) is 5.56 Å². The van der Waals surface area contributed by atoms with Crippen LogP contribution in [0.3, 0.4) is 0 Å². The van der Waals surface area contributed by atoms with E-state index >= 15 is 0 Å². The van der Waals surface area contributed by atoms with Crippen LogP contribution in [0.4, 0.5) is 17.6 Å². The van der Waals surface area contributed by atoms with Gasteiger partial charge >= 0.3 is 6.18 Å². The molecule has 0 amide bonds. The molecule has 0 bridgehead atoms. The number of alkyl halides is 4. The minimum Gasteiger partial charge on any atom is -0.207 e. The van der Waals surface area contributed by atoms with Crippen molar-refractivity contribution in [3.63, 3.8) is 0 Å². The van der Waals surface area contributed by atoms with E-state index in [-0.39, 0.29) is 5.02 Å². The lowest BCUT2D eigenvalue weighted by atomic mass is 10.0. The van der Waals surface area contributed by atoms with Gasteiger partial charge in [0.1, 0.15) is 5.82 Å². The first-order valence-corrected chi connectivity index (χ1v) is 7.32. The Hall–Kier alpha value is -1.07. The topological polar surface area (TPSA) is 0 Å². The molecule has 0 saturated carbocycles. The molecule has 0 nitrogen and oxygen atoms in total. The molecule has 2 aromatic carbocycles. The summed E-state index contributed by atoms with van der Waals surface area (Å²) in [5.41, 5.74) is 0.254. The second-order valence-corrected chi connectivity index (χ2v) is 6.01. The Morgan fingerprint density at radius 2 is 1.67 bits per heavy atom. The average molecular weight is 382 g/mol. The fraction of sp³-hybridized carbons (Fsp3) is 0.200. The molecule has 2 rings (SSSR count). The van der Waals surface area contributed by atoms with Gasteiger partial charge in [-0.3, -0.25) is 0 Å². The summed E-state index contributed by atoms with van der Waals surface area (Å²) < 4.78 is 51.2. The third-order valence-corrected chi connectivity index (χ3v) is 4.12. The van der Waals surface area contributed by atoms with Crippen molar-refractivity contribution in [1.82, 2.24) is 0 Å². The molecule has 0 heterocycles. The maximum atomic E-state index is 13.8. The van der Waals surface area contributed by atoms with Crippen LogP contribution in [0.25, 0.3) is 0 Å². The predicted octanol–water partition coefficient (Wildman–Crippen LogP) is 6.18. The first kappa shape index (κ1) is 16.3. The zero-order chi connectivity index (χ0) is 15.6. The highest BCUT2D eigenvalue weighted by Gasteiger charge is 2.30. The molecule has 21 heavy (non-hydrogen) atoms. The summed E-state index contributed by atoms with van der Waals surface area (Å²) in [6.07, 6.45) is -4.03. The fourth-order valence-electron chi connectivity index (χ4n) is 1.95. The molecule has 0 aliphatic rings. The molecule has 0 radical (unpaired) electrons. The van der Waals surface area contributed by atoms with E-state index < -0.39 is 22.4 Å². The van der Waals surface area contributed by atoms with Gasteiger partial charge in [0.2, 0.25) is 0 Å². The number of rotatable bonds is 3. The molecule has 0 spiro atoms. The number of benzene rings is 2. The monoisotopic (exact) mass is 380 g/mol. The van der Waals surface area contributed by atoms with Gasteiger partial charge < -0.3 is 0 Å². The minimum atomic E-state index is -4.36. The Morgan fingerprint density at radius 3 is 2.19 bits per heavy atom. The van der Waals surface area contributed by atoms with Crippen LogP contribution in [-0.2, 0) is 12.6 Å². The van der Waals surface area contributed by atoms with E-state index in [0.717, 1.165) is 12.1 Å². The summed E-state index contributed by atoms with van der Waals surface area (Å²) in [6.45, 7) is 0. The molecule has 0 saturated heterocycles. The first-order chi connectivity index (χ1) is 9.79. The lowest BCUT2D eigenvalue weighted by Crippen LogP contribution is -2.05. The highest BCUT2D eigenvalue weighted by molar-refractivity contribution is 9.09. The zero-order valence-electron chi connectivity index (χ0n) is 10.6. The summed E-state index contributed by atoms with van der Waals surface area (Å²) in [6, 6.07) is 9.15. The largest absolute Gasteiger partial charge is 0.416 e. The van der Waals surface area contributed by atoms with Gasteiger partial charge in [-0.1, -0.05) is 45.7 Å². The van der Waals surface area contributed by atoms with E-state index in [9.17, 15) is 17.6 Å². The molecule has 0 N–H and O–H groups in total. The average Bonchev–Trinajstić information content (AvgIpc) is 2.38. The van der Waals surface area contributed by atoms with Crippen LogP contribution in [0.1, 0.15) is 21.5 Å². The van der Waals surface area contributed by atoms with Crippen molar-refractivity contribution in [3.8, 4) is 0 Å². The molecule has 1 unspecified atom stereocenters. The van der Waals surface area contributed by atoms with Crippen molar-refractivity contribution in [1.29, 1.82) is 0 Å².